The molecule has 0 aromatic heterocycles. The summed E-state index contributed by atoms with van der Waals surface area (Å²) in [6, 6.07) is 5.74. The van der Waals surface area contributed by atoms with Crippen molar-refractivity contribution in [1.82, 2.24) is 10.2 Å². The highest BCUT2D eigenvalue weighted by atomic mass is 35.5. The Kier molecular flexibility index (Phi) is 9.14. The summed E-state index contributed by atoms with van der Waals surface area (Å²) in [7, 11) is 1.65. The van der Waals surface area contributed by atoms with Crippen LogP contribution in [0.4, 0.5) is 4.39 Å². The van der Waals surface area contributed by atoms with E-state index in [0.29, 0.717) is 0 Å². The van der Waals surface area contributed by atoms with Gasteiger partial charge in [0.25, 0.3) is 0 Å². The number of benzene rings is 1. The summed E-state index contributed by atoms with van der Waals surface area (Å²) in [6.45, 7) is 5.35. The maximum atomic E-state index is 13.4. The number of hydrogen-bond donors (Lipinski definition) is 1. The number of halogens is 3. The molecule has 2 rings (SSSR count). The van der Waals surface area contributed by atoms with E-state index in [1.165, 1.54) is 0 Å². The largest absolute Gasteiger partial charge is 0.497 e. The normalized spacial score (nSPS) is 16.8. The van der Waals surface area contributed by atoms with Gasteiger partial charge in [0, 0.05) is 26.2 Å². The second-order valence-corrected chi connectivity index (χ2v) is 4.68. The summed E-state index contributed by atoms with van der Waals surface area (Å²) < 4.78 is 18.6. The van der Waals surface area contributed by atoms with Gasteiger partial charge in [0.05, 0.1) is 13.2 Å². The number of ether oxygens (including phenoxy) is 1. The van der Waals surface area contributed by atoms with E-state index in [4.69, 9.17) is 4.74 Å². The van der Waals surface area contributed by atoms with E-state index < -0.39 is 0 Å². The van der Waals surface area contributed by atoms with Crippen molar-refractivity contribution in [3.8, 4) is 5.75 Å². The molecule has 1 aromatic rings. The Morgan fingerprint density at radius 3 is 2.45 bits per heavy atom. The van der Waals surface area contributed by atoms with Gasteiger partial charge in [0.15, 0.2) is 0 Å². The summed E-state index contributed by atoms with van der Waals surface area (Å²) in [5.41, 5.74) is 2.16. The van der Waals surface area contributed by atoms with Gasteiger partial charge in [-0.2, -0.15) is 0 Å². The molecule has 0 amide bonds. The minimum Gasteiger partial charge on any atom is -0.497 e. The van der Waals surface area contributed by atoms with Crippen molar-refractivity contribution in [2.75, 3.05) is 40.0 Å². The number of methoxy groups -OCH3 is 1. The molecule has 1 saturated heterocycles. The molecule has 0 bridgehead atoms. The first-order valence-corrected chi connectivity index (χ1v) is 6.41. The third-order valence-corrected chi connectivity index (χ3v) is 3.57. The monoisotopic (exact) mass is 324 g/mol. The molecule has 0 radical (unpaired) electrons. The summed E-state index contributed by atoms with van der Waals surface area (Å²) in [4.78, 5) is 2.21. The van der Waals surface area contributed by atoms with Crippen molar-refractivity contribution in [2.24, 2.45) is 0 Å². The average molecular weight is 325 g/mol. The molecule has 1 aromatic carbocycles. The molecule has 0 spiro atoms. The highest BCUT2D eigenvalue weighted by Crippen LogP contribution is 2.27. The molecule has 1 heterocycles. The first-order chi connectivity index (χ1) is 8.76. The Labute approximate surface area is 132 Å². The van der Waals surface area contributed by atoms with Crippen LogP contribution in [-0.4, -0.2) is 44.9 Å². The Morgan fingerprint density at radius 2 is 1.95 bits per heavy atom. The molecule has 1 fully saturated rings. The van der Waals surface area contributed by atoms with E-state index >= 15 is 0 Å². The number of nitrogens with zero attached hydrogens (tertiary/aromatic N) is 1. The lowest BCUT2D eigenvalue weighted by Gasteiger charge is -2.34. The summed E-state index contributed by atoms with van der Waals surface area (Å²) in [5, 5.41) is 3.29. The number of aryl methyl sites for hydroxylation is 1. The Balaban J connectivity index is 0.00000180. The van der Waals surface area contributed by atoms with Crippen LogP contribution in [0.3, 0.4) is 0 Å². The van der Waals surface area contributed by atoms with Gasteiger partial charge in [0.2, 0.25) is 0 Å². The topological polar surface area (TPSA) is 24.5 Å². The minimum absolute atomic E-state index is 0. The molecule has 1 aliphatic rings. The fraction of sp³-hybridized carbons (Fsp3) is 0.571. The molecule has 3 nitrogen and oxygen atoms in total. The maximum Gasteiger partial charge on any atom is 0.119 e. The van der Waals surface area contributed by atoms with Crippen molar-refractivity contribution in [3.63, 3.8) is 0 Å². The lowest BCUT2D eigenvalue weighted by atomic mass is 10.00. The number of hydrogen-bond acceptors (Lipinski definition) is 3. The number of alkyl halides is 1. The first-order valence-electron chi connectivity index (χ1n) is 6.41. The Morgan fingerprint density at radius 1 is 1.30 bits per heavy atom. The van der Waals surface area contributed by atoms with E-state index in [1.807, 2.05) is 25.1 Å². The smallest absolute Gasteiger partial charge is 0.119 e. The van der Waals surface area contributed by atoms with Gasteiger partial charge in [-0.1, -0.05) is 6.07 Å². The van der Waals surface area contributed by atoms with Crippen LogP contribution in [0.5, 0.6) is 5.75 Å². The SMILES string of the molecule is COc1ccc([C@H](CF)N2CCNCC2)c(C)c1.Cl.Cl. The zero-order valence-electron chi connectivity index (χ0n) is 11.9. The number of nitrogens with one attached hydrogen (secondary N) is 1. The van der Waals surface area contributed by atoms with Crippen molar-refractivity contribution in [2.45, 2.75) is 13.0 Å². The first kappa shape index (κ1) is 19.4. The molecule has 0 unspecified atom stereocenters. The standard InChI is InChI=1S/C14H21FN2O.2ClH/c1-11-9-12(18-2)3-4-13(11)14(10-15)17-7-5-16-6-8-17;;/h3-4,9,14,16H,5-8,10H2,1-2H3;2*1H/t14-;;/m0../s1. The van der Waals surface area contributed by atoms with E-state index in [2.05, 4.69) is 10.2 Å². The lowest BCUT2D eigenvalue weighted by molar-refractivity contribution is 0.147. The lowest BCUT2D eigenvalue weighted by Crippen LogP contribution is -2.45. The van der Waals surface area contributed by atoms with E-state index in [1.54, 1.807) is 7.11 Å². The summed E-state index contributed by atoms with van der Waals surface area (Å²) in [5.74, 6) is 0.828. The fourth-order valence-electron chi connectivity index (χ4n) is 2.52. The predicted octanol–water partition coefficient (Wildman–Crippen LogP) is 2.76. The van der Waals surface area contributed by atoms with Crippen LogP contribution in [0.25, 0.3) is 0 Å². The highest BCUT2D eigenvalue weighted by molar-refractivity contribution is 5.85. The summed E-state index contributed by atoms with van der Waals surface area (Å²) in [6.07, 6.45) is 0. The molecule has 20 heavy (non-hydrogen) atoms. The molecule has 0 saturated carbocycles. The molecular weight excluding hydrogens is 302 g/mol. The molecule has 1 N–H and O–H groups in total. The van der Waals surface area contributed by atoms with Crippen LogP contribution in [-0.2, 0) is 0 Å². The number of piperazine rings is 1. The third kappa shape index (κ3) is 4.48. The van der Waals surface area contributed by atoms with E-state index in [9.17, 15) is 4.39 Å². The van der Waals surface area contributed by atoms with Gasteiger partial charge in [0.1, 0.15) is 12.4 Å². The molecule has 116 valence electrons. The molecule has 6 heteroatoms. The zero-order valence-corrected chi connectivity index (χ0v) is 13.5. The predicted molar refractivity (Wildman–Crippen MR) is 85.4 cm³/mol. The second kappa shape index (κ2) is 9.40. The minimum atomic E-state index is -0.340. The quantitative estimate of drug-likeness (QED) is 0.921. The van der Waals surface area contributed by atoms with Crippen LogP contribution >= 0.6 is 24.8 Å². The second-order valence-electron chi connectivity index (χ2n) is 4.68. The summed E-state index contributed by atoms with van der Waals surface area (Å²) >= 11 is 0. The van der Waals surface area contributed by atoms with Crippen LogP contribution in [0.2, 0.25) is 0 Å². The van der Waals surface area contributed by atoms with Gasteiger partial charge in [-0.15, -0.1) is 24.8 Å². The molecular formula is C14H23Cl2FN2O. The third-order valence-electron chi connectivity index (χ3n) is 3.57. The van der Waals surface area contributed by atoms with Crippen molar-refractivity contribution >= 4 is 24.8 Å². The van der Waals surface area contributed by atoms with Crippen molar-refractivity contribution < 1.29 is 9.13 Å². The molecule has 0 aliphatic carbocycles. The van der Waals surface area contributed by atoms with Gasteiger partial charge in [-0.3, -0.25) is 4.90 Å². The fourth-order valence-corrected chi connectivity index (χ4v) is 2.52. The van der Waals surface area contributed by atoms with Crippen LogP contribution < -0.4 is 10.1 Å². The van der Waals surface area contributed by atoms with Gasteiger partial charge >= 0.3 is 0 Å². The average Bonchev–Trinajstić information content (AvgIpc) is 2.42. The maximum absolute atomic E-state index is 13.4. The number of rotatable bonds is 4. The van der Waals surface area contributed by atoms with Crippen molar-refractivity contribution in [3.05, 3.63) is 29.3 Å². The van der Waals surface area contributed by atoms with Gasteiger partial charge in [-0.25, -0.2) is 4.39 Å². The van der Waals surface area contributed by atoms with Crippen LogP contribution in [0.1, 0.15) is 17.2 Å². The highest BCUT2D eigenvalue weighted by Gasteiger charge is 2.23. The van der Waals surface area contributed by atoms with E-state index in [0.717, 1.165) is 43.1 Å². The molecule has 1 aliphatic heterocycles. The van der Waals surface area contributed by atoms with Crippen LogP contribution in [0.15, 0.2) is 18.2 Å². The van der Waals surface area contributed by atoms with Crippen LogP contribution in [0, 0.1) is 6.92 Å². The van der Waals surface area contributed by atoms with Gasteiger partial charge in [-0.05, 0) is 30.2 Å². The van der Waals surface area contributed by atoms with E-state index in [-0.39, 0.29) is 37.5 Å². The van der Waals surface area contributed by atoms with Gasteiger partial charge < -0.3 is 10.1 Å². The zero-order chi connectivity index (χ0) is 13.0. The Hall–Kier alpha value is -0.550. The Bertz CT molecular complexity index is 401. The molecule has 1 atom stereocenters. The van der Waals surface area contributed by atoms with Crippen molar-refractivity contribution in [1.29, 1.82) is 0 Å².